The maximum Gasteiger partial charge on any atom is 0.335 e. The molecule has 1 aliphatic heterocycles. The third-order valence-corrected chi connectivity index (χ3v) is 4.16. The van der Waals surface area contributed by atoms with Crippen molar-refractivity contribution in [3.63, 3.8) is 0 Å². The van der Waals surface area contributed by atoms with E-state index in [0.717, 1.165) is 37.0 Å². The molecular formula is C16H23NO2. The molecule has 19 heavy (non-hydrogen) atoms. The fraction of sp³-hybridized carbons (Fsp3) is 0.562. The van der Waals surface area contributed by atoms with Crippen LogP contribution in [0.25, 0.3) is 0 Å². The van der Waals surface area contributed by atoms with Crippen LogP contribution in [0.2, 0.25) is 0 Å². The van der Waals surface area contributed by atoms with Gasteiger partial charge in [-0.1, -0.05) is 26.0 Å². The molecule has 0 spiro atoms. The Bertz CT molecular complexity index is 434. The normalized spacial score (nSPS) is 17.8. The smallest absolute Gasteiger partial charge is 0.335 e. The lowest BCUT2D eigenvalue weighted by Gasteiger charge is -2.33. The van der Waals surface area contributed by atoms with E-state index in [4.69, 9.17) is 5.11 Å². The molecule has 1 fully saturated rings. The minimum absolute atomic E-state index is 0.384. The zero-order valence-electron chi connectivity index (χ0n) is 11.8. The number of nitrogens with zero attached hydrogens (tertiary/aromatic N) is 1. The summed E-state index contributed by atoms with van der Waals surface area (Å²) in [6.07, 6.45) is 2.52. The highest BCUT2D eigenvalue weighted by Crippen LogP contribution is 2.25. The van der Waals surface area contributed by atoms with Crippen molar-refractivity contribution in [1.82, 2.24) is 4.90 Å². The van der Waals surface area contributed by atoms with Gasteiger partial charge in [-0.2, -0.15) is 0 Å². The molecule has 1 heterocycles. The van der Waals surface area contributed by atoms with E-state index < -0.39 is 5.97 Å². The third-order valence-electron chi connectivity index (χ3n) is 4.16. The summed E-state index contributed by atoms with van der Waals surface area (Å²) in [6, 6.07) is 7.29. The number of hydrogen-bond acceptors (Lipinski definition) is 2. The van der Waals surface area contributed by atoms with Gasteiger partial charge in [-0.05, 0) is 55.5 Å². The van der Waals surface area contributed by atoms with Gasteiger partial charge >= 0.3 is 5.97 Å². The Hall–Kier alpha value is -1.35. The van der Waals surface area contributed by atoms with Crippen molar-refractivity contribution in [3.8, 4) is 0 Å². The van der Waals surface area contributed by atoms with E-state index in [1.165, 1.54) is 12.8 Å². The molecule has 3 heteroatoms. The molecule has 0 aliphatic carbocycles. The predicted octanol–water partition coefficient (Wildman–Crippen LogP) is 3.25. The monoisotopic (exact) mass is 261 g/mol. The molecule has 0 saturated carbocycles. The number of carboxylic acid groups (broad SMARTS) is 1. The van der Waals surface area contributed by atoms with Gasteiger partial charge in [0.2, 0.25) is 0 Å². The van der Waals surface area contributed by atoms with Crippen LogP contribution in [0.1, 0.15) is 42.6 Å². The fourth-order valence-electron chi connectivity index (χ4n) is 2.84. The summed E-state index contributed by atoms with van der Waals surface area (Å²) in [6.45, 7) is 7.72. The molecule has 1 aliphatic rings. The second-order valence-electron chi connectivity index (χ2n) is 5.86. The Morgan fingerprint density at radius 1 is 1.37 bits per heavy atom. The summed E-state index contributed by atoms with van der Waals surface area (Å²) in [5.74, 6) is 0.777. The molecule has 0 aromatic heterocycles. The van der Waals surface area contributed by atoms with Gasteiger partial charge in [0.15, 0.2) is 0 Å². The van der Waals surface area contributed by atoms with Gasteiger partial charge in [-0.25, -0.2) is 4.79 Å². The van der Waals surface area contributed by atoms with Crippen LogP contribution in [0.5, 0.6) is 0 Å². The summed E-state index contributed by atoms with van der Waals surface area (Å²) >= 11 is 0. The van der Waals surface area contributed by atoms with Crippen LogP contribution < -0.4 is 0 Å². The minimum atomic E-state index is -0.847. The average Bonchev–Trinajstić information content (AvgIpc) is 2.39. The number of hydrogen-bond donors (Lipinski definition) is 1. The molecule has 0 atom stereocenters. The van der Waals surface area contributed by atoms with Gasteiger partial charge in [0.25, 0.3) is 0 Å². The zero-order chi connectivity index (χ0) is 13.8. The first-order chi connectivity index (χ1) is 9.06. The van der Waals surface area contributed by atoms with Crippen molar-refractivity contribution >= 4 is 5.97 Å². The summed E-state index contributed by atoms with van der Waals surface area (Å²) in [5, 5.41) is 9.00. The van der Waals surface area contributed by atoms with Crippen LogP contribution in [0.3, 0.4) is 0 Å². The fourth-order valence-corrected chi connectivity index (χ4v) is 2.84. The van der Waals surface area contributed by atoms with Crippen molar-refractivity contribution in [2.75, 3.05) is 13.1 Å². The Balaban J connectivity index is 1.92. The molecule has 1 N–H and O–H groups in total. The number of carbonyl (C=O) groups is 1. The summed E-state index contributed by atoms with van der Waals surface area (Å²) in [7, 11) is 0. The third kappa shape index (κ3) is 3.80. The molecule has 2 rings (SSSR count). The van der Waals surface area contributed by atoms with Crippen molar-refractivity contribution in [3.05, 3.63) is 35.4 Å². The van der Waals surface area contributed by atoms with E-state index in [9.17, 15) is 4.79 Å². The first-order valence-electron chi connectivity index (χ1n) is 7.11. The second kappa shape index (κ2) is 6.20. The number of likely N-dealkylation sites (tertiary alicyclic amines) is 1. The number of aromatic carboxylic acids is 1. The standard InChI is InChI=1S/C16H23NO2/c1-12(2)14-6-8-17(9-7-14)11-13-4-3-5-15(10-13)16(18)19/h3-5,10,12,14H,6-9,11H2,1-2H3,(H,18,19). The van der Waals surface area contributed by atoms with E-state index in [-0.39, 0.29) is 0 Å². The van der Waals surface area contributed by atoms with Crippen LogP contribution >= 0.6 is 0 Å². The van der Waals surface area contributed by atoms with Gasteiger partial charge < -0.3 is 5.11 Å². The number of piperidine rings is 1. The molecule has 0 unspecified atom stereocenters. The summed E-state index contributed by atoms with van der Waals surface area (Å²) in [4.78, 5) is 13.4. The van der Waals surface area contributed by atoms with Gasteiger partial charge in [-0.3, -0.25) is 4.90 Å². The predicted molar refractivity (Wildman–Crippen MR) is 76.2 cm³/mol. The Morgan fingerprint density at radius 3 is 2.63 bits per heavy atom. The molecule has 1 saturated heterocycles. The molecule has 0 radical (unpaired) electrons. The minimum Gasteiger partial charge on any atom is -0.478 e. The lowest BCUT2D eigenvalue weighted by atomic mass is 9.86. The lowest BCUT2D eigenvalue weighted by molar-refractivity contribution is 0.0696. The largest absolute Gasteiger partial charge is 0.478 e. The number of rotatable bonds is 4. The van der Waals surface area contributed by atoms with Gasteiger partial charge in [0.05, 0.1) is 5.56 Å². The van der Waals surface area contributed by atoms with E-state index in [2.05, 4.69) is 18.7 Å². The zero-order valence-corrected chi connectivity index (χ0v) is 11.8. The van der Waals surface area contributed by atoms with Crippen molar-refractivity contribution in [1.29, 1.82) is 0 Å². The van der Waals surface area contributed by atoms with Crippen molar-refractivity contribution in [2.45, 2.75) is 33.2 Å². The summed E-state index contributed by atoms with van der Waals surface area (Å²) in [5.41, 5.74) is 1.48. The van der Waals surface area contributed by atoms with E-state index in [0.29, 0.717) is 5.56 Å². The molecule has 0 bridgehead atoms. The Labute approximate surface area is 115 Å². The van der Waals surface area contributed by atoms with Crippen LogP contribution in [-0.2, 0) is 6.54 Å². The molecular weight excluding hydrogens is 238 g/mol. The topological polar surface area (TPSA) is 40.5 Å². The maximum absolute atomic E-state index is 10.9. The average molecular weight is 261 g/mol. The maximum atomic E-state index is 10.9. The highest BCUT2D eigenvalue weighted by molar-refractivity contribution is 5.87. The van der Waals surface area contributed by atoms with Crippen LogP contribution in [-0.4, -0.2) is 29.1 Å². The highest BCUT2D eigenvalue weighted by atomic mass is 16.4. The molecule has 0 amide bonds. The Morgan fingerprint density at radius 2 is 2.05 bits per heavy atom. The van der Waals surface area contributed by atoms with Crippen molar-refractivity contribution in [2.24, 2.45) is 11.8 Å². The van der Waals surface area contributed by atoms with E-state index >= 15 is 0 Å². The Kier molecular flexibility index (Phi) is 4.59. The lowest BCUT2D eigenvalue weighted by Crippen LogP contribution is -2.34. The first-order valence-corrected chi connectivity index (χ1v) is 7.11. The quantitative estimate of drug-likeness (QED) is 0.904. The molecule has 1 aromatic rings. The van der Waals surface area contributed by atoms with Crippen LogP contribution in [0.15, 0.2) is 24.3 Å². The van der Waals surface area contributed by atoms with Gasteiger partial charge in [-0.15, -0.1) is 0 Å². The summed E-state index contributed by atoms with van der Waals surface area (Å²) < 4.78 is 0. The van der Waals surface area contributed by atoms with Gasteiger partial charge in [0, 0.05) is 6.54 Å². The van der Waals surface area contributed by atoms with E-state index in [1.807, 2.05) is 12.1 Å². The van der Waals surface area contributed by atoms with Crippen LogP contribution in [0.4, 0.5) is 0 Å². The first kappa shape index (κ1) is 14.1. The van der Waals surface area contributed by atoms with Crippen LogP contribution in [0, 0.1) is 11.8 Å². The molecule has 1 aromatic carbocycles. The SMILES string of the molecule is CC(C)C1CCN(Cc2cccc(C(=O)O)c2)CC1. The highest BCUT2D eigenvalue weighted by Gasteiger charge is 2.21. The second-order valence-corrected chi connectivity index (χ2v) is 5.86. The number of carboxylic acids is 1. The molecule has 3 nitrogen and oxygen atoms in total. The van der Waals surface area contributed by atoms with E-state index in [1.54, 1.807) is 12.1 Å². The van der Waals surface area contributed by atoms with Crippen molar-refractivity contribution < 1.29 is 9.90 Å². The number of benzene rings is 1. The van der Waals surface area contributed by atoms with Gasteiger partial charge in [0.1, 0.15) is 0 Å². The molecule has 104 valence electrons.